The van der Waals surface area contributed by atoms with Crippen molar-refractivity contribution in [3.8, 4) is 29.0 Å². The second kappa shape index (κ2) is 10.6. The lowest BCUT2D eigenvalue weighted by atomic mass is 9.95. The van der Waals surface area contributed by atoms with Crippen molar-refractivity contribution in [2.24, 2.45) is 0 Å². The Hall–Kier alpha value is -3.46. The van der Waals surface area contributed by atoms with Gasteiger partial charge in [-0.25, -0.2) is 8.78 Å². The third-order valence-electron chi connectivity index (χ3n) is 10.0. The second-order valence-corrected chi connectivity index (χ2v) is 13.8. The average Bonchev–Trinajstić information content (AvgIpc) is 3.70. The summed E-state index contributed by atoms with van der Waals surface area (Å²) in [6, 6.07) is 5.04. The molecule has 228 valence electrons. The van der Waals surface area contributed by atoms with Crippen molar-refractivity contribution in [3.05, 3.63) is 34.4 Å². The zero-order chi connectivity index (χ0) is 30.2. The number of nitrogen functional groups attached to an aromatic ring is 1. The number of benzene rings is 2. The molecule has 2 aromatic heterocycles. The van der Waals surface area contributed by atoms with Crippen molar-refractivity contribution < 1.29 is 18.3 Å². The highest BCUT2D eigenvalue weighted by Gasteiger charge is 2.45. The van der Waals surface area contributed by atoms with E-state index in [0.717, 1.165) is 82.3 Å². The van der Waals surface area contributed by atoms with Crippen molar-refractivity contribution in [1.29, 1.82) is 5.26 Å². The van der Waals surface area contributed by atoms with Crippen LogP contribution < -0.4 is 20.1 Å². The zero-order valence-electron chi connectivity index (χ0n) is 24.1. The molecule has 8 nitrogen and oxygen atoms in total. The van der Waals surface area contributed by atoms with E-state index in [1.807, 2.05) is 0 Å². The molecule has 12 heteroatoms. The van der Waals surface area contributed by atoms with Gasteiger partial charge in [-0.3, -0.25) is 4.90 Å². The van der Waals surface area contributed by atoms with Crippen LogP contribution in [0.5, 0.6) is 11.8 Å². The van der Waals surface area contributed by atoms with Gasteiger partial charge >= 0.3 is 6.01 Å². The molecule has 6 heterocycles. The Labute approximate surface area is 262 Å². The topological polar surface area (TPSA) is 101 Å². The lowest BCUT2D eigenvalue weighted by Crippen LogP contribution is -2.44. The van der Waals surface area contributed by atoms with E-state index in [1.165, 1.54) is 12.1 Å². The van der Waals surface area contributed by atoms with Gasteiger partial charge in [-0.1, -0.05) is 17.7 Å². The SMILES string of the molecule is N#Cc1c(N)sc2c(F)ccc(-c3c(Cl)c4c5c(nc(OCC67CCCN6CCC7)nc5c3F)N3CCCCC3CCO4)c12. The van der Waals surface area contributed by atoms with Crippen LogP contribution in [0, 0.1) is 23.0 Å². The summed E-state index contributed by atoms with van der Waals surface area (Å²) < 4.78 is 44.9. The first-order valence-electron chi connectivity index (χ1n) is 15.3. The van der Waals surface area contributed by atoms with E-state index in [4.69, 9.17) is 31.8 Å². The molecule has 2 N–H and O–H groups in total. The van der Waals surface area contributed by atoms with Crippen molar-refractivity contribution in [2.75, 3.05) is 43.5 Å². The maximum absolute atomic E-state index is 17.1. The molecule has 0 amide bonds. The number of aromatic nitrogens is 2. The number of piperidine rings is 1. The highest BCUT2D eigenvalue weighted by atomic mass is 35.5. The normalized spacial score (nSPS) is 21.0. The number of anilines is 2. The Morgan fingerprint density at radius 3 is 2.73 bits per heavy atom. The molecule has 2 aromatic carbocycles. The molecule has 1 atom stereocenters. The van der Waals surface area contributed by atoms with Gasteiger partial charge in [-0.05, 0) is 69.7 Å². The third kappa shape index (κ3) is 4.14. The number of ether oxygens (including phenoxy) is 2. The lowest BCUT2D eigenvalue weighted by molar-refractivity contribution is 0.107. The summed E-state index contributed by atoms with van der Waals surface area (Å²) in [6.07, 6.45) is 8.19. The predicted molar refractivity (Wildman–Crippen MR) is 168 cm³/mol. The van der Waals surface area contributed by atoms with E-state index in [9.17, 15) is 9.65 Å². The van der Waals surface area contributed by atoms with Gasteiger partial charge in [0.05, 0.1) is 32.8 Å². The smallest absolute Gasteiger partial charge is 0.319 e. The van der Waals surface area contributed by atoms with Crippen molar-refractivity contribution in [1.82, 2.24) is 14.9 Å². The number of thiophene rings is 1. The summed E-state index contributed by atoms with van der Waals surface area (Å²) in [4.78, 5) is 14.3. The monoisotopic (exact) mass is 636 g/mol. The fourth-order valence-corrected chi connectivity index (χ4v) is 9.21. The van der Waals surface area contributed by atoms with Crippen molar-refractivity contribution in [3.63, 3.8) is 0 Å². The summed E-state index contributed by atoms with van der Waals surface area (Å²) in [5.74, 6) is -0.415. The molecule has 0 radical (unpaired) electrons. The van der Waals surface area contributed by atoms with Gasteiger partial charge < -0.3 is 20.1 Å². The van der Waals surface area contributed by atoms with Crippen LogP contribution in [0.15, 0.2) is 12.1 Å². The first-order chi connectivity index (χ1) is 21.4. The Kier molecular flexibility index (Phi) is 6.74. The minimum atomic E-state index is -0.705. The molecule has 4 aliphatic rings. The predicted octanol–water partition coefficient (Wildman–Crippen LogP) is 7.05. The van der Waals surface area contributed by atoms with Crippen LogP contribution in [-0.2, 0) is 0 Å². The van der Waals surface area contributed by atoms with Crippen LogP contribution in [0.1, 0.15) is 56.9 Å². The van der Waals surface area contributed by atoms with Gasteiger partial charge in [0.25, 0.3) is 0 Å². The third-order valence-corrected chi connectivity index (χ3v) is 11.4. The fraction of sp³-hybridized carbons (Fsp3) is 0.469. The van der Waals surface area contributed by atoms with E-state index >= 15 is 4.39 Å². The first-order valence-corrected chi connectivity index (χ1v) is 16.5. The number of nitriles is 1. The molecule has 0 spiro atoms. The summed E-state index contributed by atoms with van der Waals surface area (Å²) in [7, 11) is 0. The van der Waals surface area contributed by atoms with Gasteiger partial charge in [-0.2, -0.15) is 15.2 Å². The zero-order valence-corrected chi connectivity index (χ0v) is 25.7. The maximum Gasteiger partial charge on any atom is 0.319 e. The quantitative estimate of drug-likeness (QED) is 0.254. The van der Waals surface area contributed by atoms with Crippen LogP contribution >= 0.6 is 22.9 Å². The van der Waals surface area contributed by atoms with Gasteiger partial charge in [0.2, 0.25) is 0 Å². The first kappa shape index (κ1) is 28.0. The molecular formula is C32H31ClF2N6O2S. The number of rotatable bonds is 4. The van der Waals surface area contributed by atoms with Gasteiger partial charge in [0.15, 0.2) is 11.6 Å². The standard InChI is InChI=1S/C32H31ClF2N6O2S/c33-24-22(18-6-7-20(34)28-21(18)19(15-36)29(37)44-28)25(35)26-23-27(24)42-14-8-17-5-1-2-13-41(17)30(23)39-31(38-26)43-16-32-9-3-11-40(32)12-4-10-32/h6-7,17H,1-5,8-14,16,37H2. The lowest BCUT2D eigenvalue weighted by Gasteiger charge is -2.39. The van der Waals surface area contributed by atoms with E-state index < -0.39 is 11.6 Å². The van der Waals surface area contributed by atoms with Crippen LogP contribution in [0.25, 0.3) is 32.1 Å². The second-order valence-electron chi connectivity index (χ2n) is 12.3. The summed E-state index contributed by atoms with van der Waals surface area (Å²) in [5.41, 5.74) is 6.41. The molecule has 44 heavy (non-hydrogen) atoms. The Balaban J connectivity index is 1.37. The average molecular weight is 637 g/mol. The number of fused-ring (bicyclic) bond motifs is 4. The Morgan fingerprint density at radius 2 is 1.93 bits per heavy atom. The number of halogens is 3. The van der Waals surface area contributed by atoms with Crippen molar-refractivity contribution >= 4 is 54.7 Å². The maximum atomic E-state index is 17.1. The van der Waals surface area contributed by atoms with E-state index in [-0.39, 0.29) is 65.7 Å². The molecule has 3 fully saturated rings. The van der Waals surface area contributed by atoms with E-state index in [1.54, 1.807) is 0 Å². The molecule has 0 aliphatic carbocycles. The molecule has 1 unspecified atom stereocenters. The van der Waals surface area contributed by atoms with Crippen LogP contribution in [0.4, 0.5) is 19.6 Å². The fourth-order valence-electron chi connectivity index (χ4n) is 7.92. The number of nitrogens with two attached hydrogens (primary N) is 1. The summed E-state index contributed by atoms with van der Waals surface area (Å²) in [5, 5.41) is 10.7. The van der Waals surface area contributed by atoms with Gasteiger partial charge in [0.1, 0.15) is 34.8 Å². The molecular weight excluding hydrogens is 606 g/mol. The largest absolute Gasteiger partial charge is 0.491 e. The molecule has 4 aliphatic heterocycles. The Morgan fingerprint density at radius 1 is 1.11 bits per heavy atom. The van der Waals surface area contributed by atoms with Crippen LogP contribution in [-0.4, -0.2) is 59.3 Å². The van der Waals surface area contributed by atoms with Crippen LogP contribution in [0.2, 0.25) is 5.02 Å². The molecule has 8 rings (SSSR count). The minimum Gasteiger partial charge on any atom is -0.491 e. The molecule has 0 saturated carbocycles. The Bertz CT molecular complexity index is 1870. The number of hydrogen-bond acceptors (Lipinski definition) is 9. The molecule has 4 aromatic rings. The molecule has 3 saturated heterocycles. The highest BCUT2D eigenvalue weighted by Crippen LogP contribution is 2.51. The summed E-state index contributed by atoms with van der Waals surface area (Å²) >= 11 is 8.00. The minimum absolute atomic E-state index is 0.0174. The van der Waals surface area contributed by atoms with Crippen LogP contribution in [0.3, 0.4) is 0 Å². The number of nitrogens with zero attached hydrogens (tertiary/aromatic N) is 5. The van der Waals surface area contributed by atoms with Gasteiger partial charge in [0, 0.05) is 30.0 Å². The van der Waals surface area contributed by atoms with Crippen molar-refractivity contribution in [2.45, 2.75) is 62.9 Å². The highest BCUT2D eigenvalue weighted by molar-refractivity contribution is 7.23. The molecule has 0 bridgehead atoms. The van der Waals surface area contributed by atoms with E-state index in [0.29, 0.717) is 24.4 Å². The summed E-state index contributed by atoms with van der Waals surface area (Å²) in [6.45, 7) is 3.70. The van der Waals surface area contributed by atoms with Gasteiger partial charge in [-0.15, -0.1) is 11.3 Å². The number of hydrogen-bond donors (Lipinski definition) is 1. The van der Waals surface area contributed by atoms with E-state index in [2.05, 4.69) is 20.9 Å².